The fourth-order valence-corrected chi connectivity index (χ4v) is 2.95. The zero-order valence-corrected chi connectivity index (χ0v) is 14.6. The van der Waals surface area contributed by atoms with Gasteiger partial charge >= 0.3 is 0 Å². The van der Waals surface area contributed by atoms with Gasteiger partial charge < -0.3 is 10.6 Å². The Morgan fingerprint density at radius 1 is 1.00 bits per heavy atom. The number of benzene rings is 1. The fraction of sp³-hybridized carbons (Fsp3) is 0.500. The molecule has 1 saturated carbocycles. The standard InChI is InChI=1S/C16H24N4S2/c1-2-12-8-10-14(11-9-12)18-16(22)20-19-15(21)17-13-6-4-3-5-7-13/h8-11,13H,2-7H2,1H3,(H2,17,19,21)(H2,18,20,22). The summed E-state index contributed by atoms with van der Waals surface area (Å²) in [7, 11) is 0. The van der Waals surface area contributed by atoms with Gasteiger partial charge in [-0.1, -0.05) is 38.3 Å². The third-order valence-corrected chi connectivity index (χ3v) is 4.27. The molecule has 22 heavy (non-hydrogen) atoms. The van der Waals surface area contributed by atoms with Crippen LogP contribution in [0.1, 0.15) is 44.6 Å². The molecule has 0 aromatic heterocycles. The van der Waals surface area contributed by atoms with Gasteiger partial charge in [0, 0.05) is 11.7 Å². The van der Waals surface area contributed by atoms with E-state index in [-0.39, 0.29) is 0 Å². The molecule has 1 aliphatic carbocycles. The van der Waals surface area contributed by atoms with Gasteiger partial charge in [0.2, 0.25) is 0 Å². The number of hydrazine groups is 1. The number of aryl methyl sites for hydroxylation is 1. The second-order valence-corrected chi connectivity index (χ2v) is 6.38. The van der Waals surface area contributed by atoms with Crippen LogP contribution in [-0.4, -0.2) is 16.3 Å². The predicted molar refractivity (Wildman–Crippen MR) is 101 cm³/mol. The Balaban J connectivity index is 1.68. The number of anilines is 1. The molecule has 6 heteroatoms. The molecule has 0 bridgehead atoms. The maximum Gasteiger partial charge on any atom is 0.189 e. The van der Waals surface area contributed by atoms with Gasteiger partial charge in [-0.2, -0.15) is 0 Å². The minimum Gasteiger partial charge on any atom is -0.359 e. The zero-order chi connectivity index (χ0) is 15.8. The van der Waals surface area contributed by atoms with E-state index in [2.05, 4.69) is 40.5 Å². The van der Waals surface area contributed by atoms with Crippen molar-refractivity contribution in [2.45, 2.75) is 51.5 Å². The average Bonchev–Trinajstić information content (AvgIpc) is 2.55. The summed E-state index contributed by atoms with van der Waals surface area (Å²) in [4.78, 5) is 0. The Morgan fingerprint density at radius 3 is 2.27 bits per heavy atom. The Hall–Kier alpha value is -1.40. The summed E-state index contributed by atoms with van der Waals surface area (Å²) < 4.78 is 0. The fourth-order valence-electron chi connectivity index (χ4n) is 2.57. The van der Waals surface area contributed by atoms with Gasteiger partial charge in [0.25, 0.3) is 0 Å². The maximum atomic E-state index is 5.28. The van der Waals surface area contributed by atoms with E-state index in [9.17, 15) is 0 Å². The van der Waals surface area contributed by atoms with E-state index in [0.717, 1.165) is 12.1 Å². The van der Waals surface area contributed by atoms with E-state index in [1.54, 1.807) is 0 Å². The molecule has 0 heterocycles. The summed E-state index contributed by atoms with van der Waals surface area (Å²) in [5.74, 6) is 0. The molecule has 1 aromatic carbocycles. The molecule has 0 atom stereocenters. The van der Waals surface area contributed by atoms with E-state index < -0.39 is 0 Å². The largest absolute Gasteiger partial charge is 0.359 e. The van der Waals surface area contributed by atoms with Crippen molar-refractivity contribution >= 4 is 40.3 Å². The average molecular weight is 337 g/mol. The van der Waals surface area contributed by atoms with Crippen molar-refractivity contribution in [2.75, 3.05) is 5.32 Å². The second-order valence-electron chi connectivity index (χ2n) is 5.56. The van der Waals surface area contributed by atoms with Crippen molar-refractivity contribution < 1.29 is 0 Å². The topological polar surface area (TPSA) is 48.1 Å². The van der Waals surface area contributed by atoms with Crippen molar-refractivity contribution in [3.05, 3.63) is 29.8 Å². The first-order valence-corrected chi connectivity index (χ1v) is 8.71. The summed E-state index contributed by atoms with van der Waals surface area (Å²) >= 11 is 10.5. The highest BCUT2D eigenvalue weighted by Crippen LogP contribution is 2.17. The van der Waals surface area contributed by atoms with E-state index in [1.165, 1.54) is 37.7 Å². The molecule has 1 aromatic rings. The molecule has 0 amide bonds. The first-order valence-electron chi connectivity index (χ1n) is 7.90. The molecule has 0 unspecified atom stereocenters. The van der Waals surface area contributed by atoms with Crippen LogP contribution >= 0.6 is 24.4 Å². The quantitative estimate of drug-likeness (QED) is 0.502. The van der Waals surface area contributed by atoms with Gasteiger partial charge in [-0.3, -0.25) is 10.9 Å². The van der Waals surface area contributed by atoms with Crippen molar-refractivity contribution in [1.29, 1.82) is 0 Å². The third-order valence-electron chi connectivity index (χ3n) is 3.85. The van der Waals surface area contributed by atoms with Crippen LogP contribution < -0.4 is 21.5 Å². The molecule has 2 rings (SSSR count). The molecule has 120 valence electrons. The number of rotatable bonds is 3. The van der Waals surface area contributed by atoms with Crippen LogP contribution in [0.15, 0.2) is 24.3 Å². The zero-order valence-electron chi connectivity index (χ0n) is 12.9. The number of nitrogens with one attached hydrogen (secondary N) is 4. The third kappa shape index (κ3) is 5.77. The first-order chi connectivity index (χ1) is 10.7. The minimum absolute atomic E-state index is 0.485. The van der Waals surface area contributed by atoms with Crippen molar-refractivity contribution in [1.82, 2.24) is 16.2 Å². The smallest absolute Gasteiger partial charge is 0.189 e. The van der Waals surface area contributed by atoms with Gasteiger partial charge in [-0.05, 0) is 61.4 Å². The molecule has 1 aliphatic rings. The van der Waals surface area contributed by atoms with E-state index in [4.69, 9.17) is 24.4 Å². The van der Waals surface area contributed by atoms with Crippen molar-refractivity contribution in [2.24, 2.45) is 0 Å². The monoisotopic (exact) mass is 336 g/mol. The lowest BCUT2D eigenvalue weighted by molar-refractivity contribution is 0.411. The Morgan fingerprint density at radius 2 is 1.64 bits per heavy atom. The lowest BCUT2D eigenvalue weighted by Crippen LogP contribution is -2.51. The molecular formula is C16H24N4S2. The molecule has 0 aliphatic heterocycles. The Labute approximate surface area is 143 Å². The van der Waals surface area contributed by atoms with Crippen LogP contribution in [0.4, 0.5) is 5.69 Å². The SMILES string of the molecule is CCc1ccc(NC(=S)NNC(=S)NC2CCCCC2)cc1. The highest BCUT2D eigenvalue weighted by atomic mass is 32.1. The highest BCUT2D eigenvalue weighted by Gasteiger charge is 2.13. The number of hydrogen-bond acceptors (Lipinski definition) is 2. The molecule has 4 nitrogen and oxygen atoms in total. The van der Waals surface area contributed by atoms with Crippen LogP contribution in [0.2, 0.25) is 0 Å². The van der Waals surface area contributed by atoms with Gasteiger partial charge in [-0.25, -0.2) is 0 Å². The van der Waals surface area contributed by atoms with Crippen LogP contribution in [-0.2, 0) is 6.42 Å². The summed E-state index contributed by atoms with van der Waals surface area (Å²) in [6.45, 7) is 2.14. The van der Waals surface area contributed by atoms with E-state index in [1.807, 2.05) is 12.1 Å². The van der Waals surface area contributed by atoms with Crippen molar-refractivity contribution in [3.8, 4) is 0 Å². The molecule has 0 saturated heterocycles. The Kier molecular flexibility index (Phi) is 6.86. The van der Waals surface area contributed by atoms with Gasteiger partial charge in [0.1, 0.15) is 0 Å². The summed E-state index contributed by atoms with van der Waals surface area (Å²) in [6, 6.07) is 8.71. The molecule has 1 fully saturated rings. The second kappa shape index (κ2) is 8.90. The summed E-state index contributed by atoms with van der Waals surface area (Å²) in [6.07, 6.45) is 7.30. The van der Waals surface area contributed by atoms with Crippen LogP contribution in [0.5, 0.6) is 0 Å². The van der Waals surface area contributed by atoms with Crippen LogP contribution in [0, 0.1) is 0 Å². The van der Waals surface area contributed by atoms with E-state index in [0.29, 0.717) is 16.3 Å². The predicted octanol–water partition coefficient (Wildman–Crippen LogP) is 3.25. The molecule has 4 N–H and O–H groups in total. The van der Waals surface area contributed by atoms with Gasteiger partial charge in [-0.15, -0.1) is 0 Å². The van der Waals surface area contributed by atoms with E-state index >= 15 is 0 Å². The maximum absolute atomic E-state index is 5.28. The highest BCUT2D eigenvalue weighted by molar-refractivity contribution is 7.80. The lowest BCUT2D eigenvalue weighted by Gasteiger charge is -2.24. The first kappa shape index (κ1) is 17.0. The molecular weight excluding hydrogens is 312 g/mol. The summed E-state index contributed by atoms with van der Waals surface area (Å²) in [5.41, 5.74) is 8.12. The number of thiocarbonyl (C=S) groups is 2. The van der Waals surface area contributed by atoms with Crippen LogP contribution in [0.3, 0.4) is 0 Å². The molecule has 0 spiro atoms. The summed E-state index contributed by atoms with van der Waals surface area (Å²) in [5, 5.41) is 7.54. The lowest BCUT2D eigenvalue weighted by atomic mass is 9.96. The van der Waals surface area contributed by atoms with Crippen molar-refractivity contribution in [3.63, 3.8) is 0 Å². The van der Waals surface area contributed by atoms with Crippen LogP contribution in [0.25, 0.3) is 0 Å². The number of hydrogen-bond donors (Lipinski definition) is 4. The minimum atomic E-state index is 0.485. The van der Waals surface area contributed by atoms with Gasteiger partial charge in [0.15, 0.2) is 10.2 Å². The normalized spacial score (nSPS) is 15.0. The Bertz CT molecular complexity index is 495. The van der Waals surface area contributed by atoms with Gasteiger partial charge in [0.05, 0.1) is 0 Å². The molecule has 0 radical (unpaired) electrons.